The summed E-state index contributed by atoms with van der Waals surface area (Å²) in [6.07, 6.45) is 0.490. The number of aryl methyl sites for hydroxylation is 1. The highest BCUT2D eigenvalue weighted by molar-refractivity contribution is 7.91. The van der Waals surface area contributed by atoms with Gasteiger partial charge in [0.05, 0.1) is 11.5 Å². The normalized spacial score (nSPS) is 21.5. The highest BCUT2D eigenvalue weighted by Gasteiger charge is 2.34. The van der Waals surface area contributed by atoms with E-state index >= 15 is 0 Å². The van der Waals surface area contributed by atoms with Gasteiger partial charge in [0.2, 0.25) is 0 Å². The Hall–Kier alpha value is -1.57. The highest BCUT2D eigenvalue weighted by atomic mass is 32.2. The lowest BCUT2D eigenvalue weighted by Crippen LogP contribution is -2.41. The average Bonchev–Trinajstić information content (AvgIpc) is 2.84. The molecule has 106 valence electrons. The molecule has 1 atom stereocenters. The van der Waals surface area contributed by atoms with Crippen LogP contribution in [0.15, 0.2) is 6.07 Å². The standard InChI is InChI=1S/C11H18N4O3S/c1-3-15(8-4-5-19(17,18)7-8)11(16)9-6-10(12)14(2)13-9/h6,8H,3-5,7,12H2,1-2H3. The van der Waals surface area contributed by atoms with Gasteiger partial charge >= 0.3 is 0 Å². The molecule has 0 radical (unpaired) electrons. The van der Waals surface area contributed by atoms with E-state index in [1.807, 2.05) is 6.92 Å². The summed E-state index contributed by atoms with van der Waals surface area (Å²) in [6, 6.07) is 1.25. The smallest absolute Gasteiger partial charge is 0.274 e. The molecule has 1 saturated heterocycles. The lowest BCUT2D eigenvalue weighted by molar-refractivity contribution is 0.0701. The van der Waals surface area contributed by atoms with Crippen LogP contribution in [0.5, 0.6) is 0 Å². The zero-order valence-corrected chi connectivity index (χ0v) is 11.9. The number of rotatable bonds is 3. The van der Waals surface area contributed by atoms with Crippen LogP contribution >= 0.6 is 0 Å². The third kappa shape index (κ3) is 2.73. The van der Waals surface area contributed by atoms with Gasteiger partial charge in [-0.05, 0) is 13.3 Å². The maximum Gasteiger partial charge on any atom is 0.274 e. The summed E-state index contributed by atoms with van der Waals surface area (Å²) < 4.78 is 24.4. The average molecular weight is 286 g/mol. The van der Waals surface area contributed by atoms with Gasteiger partial charge in [-0.25, -0.2) is 8.42 Å². The van der Waals surface area contributed by atoms with E-state index in [1.165, 1.54) is 10.7 Å². The van der Waals surface area contributed by atoms with Crippen LogP contribution < -0.4 is 5.73 Å². The summed E-state index contributed by atoms with van der Waals surface area (Å²) in [5, 5.41) is 4.04. The van der Waals surface area contributed by atoms with Gasteiger partial charge in [0.25, 0.3) is 5.91 Å². The number of hydrogen-bond donors (Lipinski definition) is 1. The molecule has 2 rings (SSSR count). The van der Waals surface area contributed by atoms with Gasteiger partial charge in [0.1, 0.15) is 5.82 Å². The first-order chi connectivity index (χ1) is 8.84. The van der Waals surface area contributed by atoms with Gasteiger partial charge in [0.15, 0.2) is 15.5 Å². The van der Waals surface area contributed by atoms with Gasteiger partial charge < -0.3 is 10.6 Å². The second-order valence-corrected chi connectivity index (χ2v) is 6.95. The maximum absolute atomic E-state index is 12.3. The Bertz CT molecular complexity index is 574. The van der Waals surface area contributed by atoms with E-state index < -0.39 is 9.84 Å². The maximum atomic E-state index is 12.3. The van der Waals surface area contributed by atoms with E-state index in [0.717, 1.165) is 0 Å². The molecule has 1 fully saturated rings. The number of hydrogen-bond acceptors (Lipinski definition) is 5. The Morgan fingerprint density at radius 1 is 1.63 bits per heavy atom. The fraction of sp³-hybridized carbons (Fsp3) is 0.636. The SMILES string of the molecule is CCN(C(=O)c1cc(N)n(C)n1)C1CCS(=O)(=O)C1. The molecule has 0 spiro atoms. The Morgan fingerprint density at radius 3 is 2.74 bits per heavy atom. The van der Waals surface area contributed by atoms with Crippen LogP contribution in [0.3, 0.4) is 0 Å². The van der Waals surface area contributed by atoms with E-state index in [4.69, 9.17) is 5.73 Å². The third-order valence-corrected chi connectivity index (χ3v) is 5.14. The monoisotopic (exact) mass is 286 g/mol. The second-order valence-electron chi connectivity index (χ2n) is 4.73. The molecule has 2 N–H and O–H groups in total. The topological polar surface area (TPSA) is 98.3 Å². The van der Waals surface area contributed by atoms with Crippen LogP contribution in [0.4, 0.5) is 5.82 Å². The predicted molar refractivity (Wildman–Crippen MR) is 71.4 cm³/mol. The molecular weight excluding hydrogens is 268 g/mol. The molecule has 1 aliphatic rings. The molecule has 1 aromatic rings. The number of nitrogen functional groups attached to an aromatic ring is 1. The van der Waals surface area contributed by atoms with Crippen LogP contribution in [0.1, 0.15) is 23.8 Å². The first-order valence-corrected chi connectivity index (χ1v) is 7.97. The summed E-state index contributed by atoms with van der Waals surface area (Å²) in [6.45, 7) is 2.28. The second kappa shape index (κ2) is 4.84. The van der Waals surface area contributed by atoms with Gasteiger partial charge in [-0.2, -0.15) is 5.10 Å². The summed E-state index contributed by atoms with van der Waals surface area (Å²) in [7, 11) is -1.36. The highest BCUT2D eigenvalue weighted by Crippen LogP contribution is 2.20. The molecule has 1 aromatic heterocycles. The Balaban J connectivity index is 2.20. The van der Waals surface area contributed by atoms with Crippen molar-refractivity contribution in [1.82, 2.24) is 14.7 Å². The molecule has 1 amide bonds. The zero-order chi connectivity index (χ0) is 14.2. The molecule has 0 bridgehead atoms. The van der Waals surface area contributed by atoms with Crippen LogP contribution in [0.25, 0.3) is 0 Å². The van der Waals surface area contributed by atoms with Gasteiger partial charge in [0, 0.05) is 25.7 Å². The summed E-state index contributed by atoms with van der Waals surface area (Å²) in [5.41, 5.74) is 5.91. The number of carbonyl (C=O) groups is 1. The van der Waals surface area contributed by atoms with Crippen LogP contribution in [-0.2, 0) is 16.9 Å². The van der Waals surface area contributed by atoms with Crippen molar-refractivity contribution in [2.45, 2.75) is 19.4 Å². The number of amides is 1. The number of aromatic nitrogens is 2. The molecule has 7 nitrogen and oxygen atoms in total. The Morgan fingerprint density at radius 2 is 2.32 bits per heavy atom. The summed E-state index contributed by atoms with van der Waals surface area (Å²) in [4.78, 5) is 13.9. The Kier molecular flexibility index (Phi) is 3.53. The largest absolute Gasteiger partial charge is 0.384 e. The van der Waals surface area contributed by atoms with Crippen molar-refractivity contribution in [3.05, 3.63) is 11.8 Å². The van der Waals surface area contributed by atoms with E-state index in [0.29, 0.717) is 18.8 Å². The predicted octanol–water partition coefficient (Wildman–Crippen LogP) is -0.348. The van der Waals surface area contributed by atoms with Crippen molar-refractivity contribution >= 4 is 21.6 Å². The van der Waals surface area contributed by atoms with Gasteiger partial charge in [-0.3, -0.25) is 9.48 Å². The summed E-state index contributed by atoms with van der Waals surface area (Å²) >= 11 is 0. The molecule has 19 heavy (non-hydrogen) atoms. The zero-order valence-electron chi connectivity index (χ0n) is 11.0. The van der Waals surface area contributed by atoms with Crippen molar-refractivity contribution in [2.75, 3.05) is 23.8 Å². The molecule has 0 saturated carbocycles. The fourth-order valence-corrected chi connectivity index (χ4v) is 4.05. The number of nitrogens with zero attached hydrogens (tertiary/aromatic N) is 3. The van der Waals surface area contributed by atoms with Crippen LogP contribution in [0, 0.1) is 0 Å². The van der Waals surface area contributed by atoms with Crippen molar-refractivity contribution in [2.24, 2.45) is 7.05 Å². The van der Waals surface area contributed by atoms with Crippen LogP contribution in [-0.4, -0.2) is 53.1 Å². The molecular formula is C11H18N4O3S. The van der Waals surface area contributed by atoms with Crippen molar-refractivity contribution in [1.29, 1.82) is 0 Å². The number of nitrogens with two attached hydrogens (primary N) is 1. The third-order valence-electron chi connectivity index (χ3n) is 3.39. The number of anilines is 1. The Labute approximate surface area is 112 Å². The van der Waals surface area contributed by atoms with E-state index in [-0.39, 0.29) is 29.1 Å². The number of sulfone groups is 1. The number of carbonyl (C=O) groups excluding carboxylic acids is 1. The molecule has 1 aliphatic heterocycles. The molecule has 0 aliphatic carbocycles. The summed E-state index contributed by atoms with van der Waals surface area (Å²) in [5.74, 6) is 0.316. The fourth-order valence-electron chi connectivity index (χ4n) is 2.32. The molecule has 2 heterocycles. The quantitative estimate of drug-likeness (QED) is 0.819. The minimum Gasteiger partial charge on any atom is -0.384 e. The van der Waals surface area contributed by atoms with Crippen molar-refractivity contribution in [3.8, 4) is 0 Å². The first kappa shape index (κ1) is 13.9. The van der Waals surface area contributed by atoms with E-state index in [9.17, 15) is 13.2 Å². The minimum absolute atomic E-state index is 0.0366. The van der Waals surface area contributed by atoms with Crippen LogP contribution in [0.2, 0.25) is 0 Å². The minimum atomic E-state index is -3.01. The van der Waals surface area contributed by atoms with E-state index in [2.05, 4.69) is 5.10 Å². The van der Waals surface area contributed by atoms with Crippen molar-refractivity contribution in [3.63, 3.8) is 0 Å². The van der Waals surface area contributed by atoms with E-state index in [1.54, 1.807) is 11.9 Å². The molecule has 0 aromatic carbocycles. The first-order valence-electron chi connectivity index (χ1n) is 6.15. The van der Waals surface area contributed by atoms with Gasteiger partial charge in [-0.1, -0.05) is 0 Å². The molecule has 8 heteroatoms. The lowest BCUT2D eigenvalue weighted by atomic mass is 10.2. The van der Waals surface area contributed by atoms with Gasteiger partial charge in [-0.15, -0.1) is 0 Å². The molecule has 1 unspecified atom stereocenters. The lowest BCUT2D eigenvalue weighted by Gasteiger charge is -2.25. The van der Waals surface area contributed by atoms with Crippen molar-refractivity contribution < 1.29 is 13.2 Å².